The van der Waals surface area contributed by atoms with E-state index in [-0.39, 0.29) is 11.5 Å². The quantitative estimate of drug-likeness (QED) is 0.887. The maximum atomic E-state index is 11.1. The first-order valence-corrected chi connectivity index (χ1v) is 7.82. The van der Waals surface area contributed by atoms with Crippen LogP contribution in [0.4, 0.5) is 0 Å². The van der Waals surface area contributed by atoms with Crippen molar-refractivity contribution in [3.63, 3.8) is 0 Å². The molecule has 2 atom stereocenters. The van der Waals surface area contributed by atoms with Crippen molar-refractivity contribution in [2.24, 2.45) is 11.7 Å². The van der Waals surface area contributed by atoms with E-state index in [9.17, 15) is 5.11 Å². The predicted molar refractivity (Wildman–Crippen MR) is 79.7 cm³/mol. The number of fused-ring (bicyclic) bond motifs is 1. The summed E-state index contributed by atoms with van der Waals surface area (Å²) in [5, 5.41) is 11.1. The first kappa shape index (κ1) is 14.1. The summed E-state index contributed by atoms with van der Waals surface area (Å²) in [5.74, 6) is 0.318. The molecule has 1 aromatic rings. The van der Waals surface area contributed by atoms with Gasteiger partial charge in [0.05, 0.1) is 6.10 Å². The highest BCUT2D eigenvalue weighted by Gasteiger charge is 2.44. The molecule has 1 aliphatic carbocycles. The minimum Gasteiger partial charge on any atom is -0.392 e. The maximum absolute atomic E-state index is 11.1. The van der Waals surface area contributed by atoms with Crippen LogP contribution in [-0.4, -0.2) is 31.0 Å². The zero-order valence-electron chi connectivity index (χ0n) is 12.1. The molecule has 0 amide bonds. The van der Waals surface area contributed by atoms with Crippen molar-refractivity contribution >= 4 is 0 Å². The largest absolute Gasteiger partial charge is 0.392 e. The normalized spacial score (nSPS) is 28.9. The van der Waals surface area contributed by atoms with Gasteiger partial charge in [-0.25, -0.2) is 0 Å². The summed E-state index contributed by atoms with van der Waals surface area (Å²) in [6, 6.07) is 8.52. The van der Waals surface area contributed by atoms with Crippen molar-refractivity contribution < 1.29 is 9.84 Å². The zero-order valence-corrected chi connectivity index (χ0v) is 12.1. The first-order valence-electron chi connectivity index (χ1n) is 7.82. The van der Waals surface area contributed by atoms with E-state index in [1.54, 1.807) is 0 Å². The molecular weight excluding hydrogens is 250 g/mol. The van der Waals surface area contributed by atoms with Gasteiger partial charge >= 0.3 is 0 Å². The van der Waals surface area contributed by atoms with Crippen LogP contribution in [0.3, 0.4) is 0 Å². The van der Waals surface area contributed by atoms with E-state index >= 15 is 0 Å². The molecule has 110 valence electrons. The standard InChI is InChI=1S/C17H25NO2/c18-12-17(16(19)14-7-10-20-11-8-14)9-3-5-13-4-1-2-6-15(13)17/h1-2,4,6,14,16,19H,3,5,7-12,18H2. The van der Waals surface area contributed by atoms with Crippen LogP contribution in [0.25, 0.3) is 0 Å². The van der Waals surface area contributed by atoms with Gasteiger partial charge in [0.25, 0.3) is 0 Å². The molecule has 1 fully saturated rings. The Balaban J connectivity index is 1.95. The summed E-state index contributed by atoms with van der Waals surface area (Å²) in [6.45, 7) is 2.07. The number of hydrogen-bond acceptors (Lipinski definition) is 3. The smallest absolute Gasteiger partial charge is 0.0678 e. The van der Waals surface area contributed by atoms with Crippen LogP contribution in [0.1, 0.15) is 36.8 Å². The predicted octanol–water partition coefficient (Wildman–Crippen LogP) is 2.01. The molecule has 1 aliphatic heterocycles. The van der Waals surface area contributed by atoms with Crippen LogP contribution in [0, 0.1) is 5.92 Å². The van der Waals surface area contributed by atoms with Crippen molar-refractivity contribution in [3.05, 3.63) is 35.4 Å². The molecule has 20 heavy (non-hydrogen) atoms. The number of aryl methyl sites for hydroxylation is 1. The molecule has 2 aliphatic rings. The van der Waals surface area contributed by atoms with Gasteiger partial charge in [-0.3, -0.25) is 0 Å². The lowest BCUT2D eigenvalue weighted by Gasteiger charge is -2.45. The van der Waals surface area contributed by atoms with Gasteiger partial charge < -0.3 is 15.6 Å². The minimum absolute atomic E-state index is 0.253. The minimum atomic E-state index is -0.349. The highest BCUT2D eigenvalue weighted by molar-refractivity contribution is 5.38. The monoisotopic (exact) mass is 275 g/mol. The second-order valence-corrected chi connectivity index (χ2v) is 6.27. The van der Waals surface area contributed by atoms with E-state index in [0.29, 0.717) is 12.5 Å². The highest BCUT2D eigenvalue weighted by Crippen LogP contribution is 2.43. The van der Waals surface area contributed by atoms with Crippen molar-refractivity contribution in [1.82, 2.24) is 0 Å². The van der Waals surface area contributed by atoms with Crippen molar-refractivity contribution in [3.8, 4) is 0 Å². The number of aliphatic hydroxyl groups excluding tert-OH is 1. The summed E-state index contributed by atoms with van der Waals surface area (Å²) >= 11 is 0. The molecule has 0 aromatic heterocycles. The Morgan fingerprint density at radius 2 is 2.05 bits per heavy atom. The summed E-state index contributed by atoms with van der Waals surface area (Å²) < 4.78 is 5.43. The first-order chi connectivity index (χ1) is 9.78. The lowest BCUT2D eigenvalue weighted by atomic mass is 9.63. The Bertz CT molecular complexity index is 456. The summed E-state index contributed by atoms with van der Waals surface area (Å²) in [4.78, 5) is 0. The third-order valence-electron chi connectivity index (χ3n) is 5.27. The molecule has 3 heteroatoms. The zero-order chi connectivity index (χ0) is 14.0. The topological polar surface area (TPSA) is 55.5 Å². The maximum Gasteiger partial charge on any atom is 0.0678 e. The molecule has 1 aromatic carbocycles. The van der Waals surface area contributed by atoms with Gasteiger partial charge in [-0.1, -0.05) is 24.3 Å². The van der Waals surface area contributed by atoms with Crippen LogP contribution in [0.15, 0.2) is 24.3 Å². The fourth-order valence-corrected chi connectivity index (χ4v) is 4.08. The number of rotatable bonds is 3. The molecule has 0 saturated carbocycles. The van der Waals surface area contributed by atoms with Gasteiger partial charge in [-0.05, 0) is 49.1 Å². The Labute approximate surface area is 121 Å². The van der Waals surface area contributed by atoms with E-state index in [2.05, 4.69) is 24.3 Å². The van der Waals surface area contributed by atoms with Crippen molar-refractivity contribution in [1.29, 1.82) is 0 Å². The molecule has 0 spiro atoms. The van der Waals surface area contributed by atoms with Gasteiger partial charge in [0, 0.05) is 25.2 Å². The van der Waals surface area contributed by atoms with Gasteiger partial charge in [0.1, 0.15) is 0 Å². The van der Waals surface area contributed by atoms with Gasteiger partial charge in [-0.15, -0.1) is 0 Å². The number of aliphatic hydroxyl groups is 1. The van der Waals surface area contributed by atoms with Crippen molar-refractivity contribution in [2.45, 2.75) is 43.6 Å². The molecule has 0 bridgehead atoms. The summed E-state index contributed by atoms with van der Waals surface area (Å²) in [6.07, 6.45) is 4.78. The van der Waals surface area contributed by atoms with Crippen LogP contribution in [0.2, 0.25) is 0 Å². The number of ether oxygens (including phenoxy) is 1. The molecule has 3 rings (SSSR count). The van der Waals surface area contributed by atoms with Crippen molar-refractivity contribution in [2.75, 3.05) is 19.8 Å². The van der Waals surface area contributed by atoms with Crippen LogP contribution >= 0.6 is 0 Å². The molecule has 3 N–H and O–H groups in total. The number of hydrogen-bond donors (Lipinski definition) is 2. The van der Waals surface area contributed by atoms with Crippen LogP contribution < -0.4 is 5.73 Å². The van der Waals surface area contributed by atoms with E-state index in [4.69, 9.17) is 10.5 Å². The second kappa shape index (κ2) is 5.84. The van der Waals surface area contributed by atoms with Crippen LogP contribution in [0.5, 0.6) is 0 Å². The Morgan fingerprint density at radius 3 is 2.80 bits per heavy atom. The Morgan fingerprint density at radius 1 is 1.30 bits per heavy atom. The lowest BCUT2D eigenvalue weighted by Crippen LogP contribution is -2.52. The fourth-order valence-electron chi connectivity index (χ4n) is 4.08. The fraction of sp³-hybridized carbons (Fsp3) is 0.647. The third-order valence-corrected chi connectivity index (χ3v) is 5.27. The highest BCUT2D eigenvalue weighted by atomic mass is 16.5. The number of benzene rings is 1. The molecular formula is C17H25NO2. The van der Waals surface area contributed by atoms with Gasteiger partial charge in [-0.2, -0.15) is 0 Å². The summed E-state index contributed by atoms with van der Waals surface area (Å²) in [7, 11) is 0. The third kappa shape index (κ3) is 2.28. The molecule has 3 nitrogen and oxygen atoms in total. The van der Waals surface area contributed by atoms with Gasteiger partial charge in [0.2, 0.25) is 0 Å². The lowest BCUT2D eigenvalue weighted by molar-refractivity contribution is -0.0321. The summed E-state index contributed by atoms with van der Waals surface area (Å²) in [5.41, 5.74) is 8.57. The van der Waals surface area contributed by atoms with Crippen LogP contribution in [-0.2, 0) is 16.6 Å². The van der Waals surface area contributed by atoms with E-state index < -0.39 is 0 Å². The number of nitrogens with two attached hydrogens (primary N) is 1. The van der Waals surface area contributed by atoms with Gasteiger partial charge in [0.15, 0.2) is 0 Å². The van der Waals surface area contributed by atoms with E-state index in [0.717, 1.165) is 45.3 Å². The molecule has 2 unspecified atom stereocenters. The second-order valence-electron chi connectivity index (χ2n) is 6.27. The Kier molecular flexibility index (Phi) is 4.11. The molecule has 0 radical (unpaired) electrons. The SMILES string of the molecule is NCC1(C(O)C2CCOCC2)CCCc2ccccc21. The molecule has 1 heterocycles. The van der Waals surface area contributed by atoms with E-state index in [1.165, 1.54) is 11.1 Å². The Hall–Kier alpha value is -0.900. The van der Waals surface area contributed by atoms with E-state index in [1.807, 2.05) is 0 Å². The molecule has 1 saturated heterocycles. The average Bonchev–Trinajstić information content (AvgIpc) is 2.54. The average molecular weight is 275 g/mol.